The van der Waals surface area contributed by atoms with Crippen LogP contribution in [0.4, 0.5) is 10.9 Å². The molecule has 0 unspecified atom stereocenters. The first-order valence-electron chi connectivity index (χ1n) is 5.42. The van der Waals surface area contributed by atoms with E-state index >= 15 is 0 Å². The van der Waals surface area contributed by atoms with Crippen molar-refractivity contribution in [1.29, 1.82) is 0 Å². The van der Waals surface area contributed by atoms with Crippen molar-refractivity contribution in [2.45, 2.75) is 12.8 Å². The molecule has 0 aromatic carbocycles. The number of thiazole rings is 1. The van der Waals surface area contributed by atoms with Gasteiger partial charge in [0.05, 0.1) is 0 Å². The largest absolute Gasteiger partial charge is 0.382 e. The van der Waals surface area contributed by atoms with Crippen LogP contribution >= 0.6 is 11.3 Å². The van der Waals surface area contributed by atoms with Gasteiger partial charge in [0.15, 0.2) is 5.13 Å². The summed E-state index contributed by atoms with van der Waals surface area (Å²) in [6.07, 6.45) is 0.766. The molecule has 0 radical (unpaired) electrons. The van der Waals surface area contributed by atoms with Crippen LogP contribution in [0.25, 0.3) is 0 Å². The molecule has 1 aromatic rings. The molecule has 0 fully saturated rings. The molecule has 0 aliphatic rings. The average Bonchev–Trinajstić information content (AvgIpc) is 2.66. The highest BCUT2D eigenvalue weighted by atomic mass is 32.1. The van der Waals surface area contributed by atoms with Crippen LogP contribution in [0.2, 0.25) is 0 Å². The maximum Gasteiger partial charge on any atom is 0.265 e. The zero-order valence-corrected chi connectivity index (χ0v) is 11.2. The first-order chi connectivity index (χ1) is 8.41. The van der Waals surface area contributed by atoms with E-state index in [1.165, 1.54) is 11.3 Å². The quantitative estimate of drug-likeness (QED) is 0.619. The first kappa shape index (κ1) is 14.2. The number of carbonyl (C=O) groups excluding carboxylic acids is 2. The van der Waals surface area contributed by atoms with E-state index < -0.39 is 0 Å². The highest BCUT2D eigenvalue weighted by Crippen LogP contribution is 2.26. The molecule has 0 saturated heterocycles. The smallest absolute Gasteiger partial charge is 0.265 e. The van der Waals surface area contributed by atoms with Gasteiger partial charge in [0.25, 0.3) is 5.91 Å². The lowest BCUT2D eigenvalue weighted by Crippen LogP contribution is -2.25. The van der Waals surface area contributed by atoms with Gasteiger partial charge in [0.1, 0.15) is 10.7 Å². The molecule has 7 nitrogen and oxygen atoms in total. The van der Waals surface area contributed by atoms with E-state index in [0.717, 1.165) is 0 Å². The van der Waals surface area contributed by atoms with Crippen molar-refractivity contribution in [3.63, 3.8) is 0 Å². The van der Waals surface area contributed by atoms with Gasteiger partial charge in [-0.3, -0.25) is 9.59 Å². The van der Waals surface area contributed by atoms with E-state index in [-0.39, 0.29) is 24.1 Å². The Hall–Kier alpha value is -1.83. The summed E-state index contributed by atoms with van der Waals surface area (Å²) in [6, 6.07) is 0. The van der Waals surface area contributed by atoms with Gasteiger partial charge in [-0.05, 0) is 6.42 Å². The molecule has 5 N–H and O–H groups in total. The van der Waals surface area contributed by atoms with Gasteiger partial charge < -0.3 is 21.7 Å². The van der Waals surface area contributed by atoms with E-state index in [1.54, 1.807) is 4.90 Å². The molecule has 0 aliphatic carbocycles. The third kappa shape index (κ3) is 3.88. The van der Waals surface area contributed by atoms with Crippen LogP contribution < -0.4 is 21.7 Å². The Kier molecular flexibility index (Phi) is 4.90. The molecule has 0 aliphatic heterocycles. The summed E-state index contributed by atoms with van der Waals surface area (Å²) in [7, 11) is 3.65. The van der Waals surface area contributed by atoms with Crippen molar-refractivity contribution in [3.8, 4) is 0 Å². The van der Waals surface area contributed by atoms with Crippen molar-refractivity contribution in [3.05, 3.63) is 4.88 Å². The second-order valence-electron chi connectivity index (χ2n) is 3.93. The number of hydrogen-bond acceptors (Lipinski definition) is 6. The van der Waals surface area contributed by atoms with Gasteiger partial charge in [0, 0.05) is 27.1 Å². The summed E-state index contributed by atoms with van der Waals surface area (Å²) < 4.78 is 0. The number of rotatable bonds is 6. The number of anilines is 2. The van der Waals surface area contributed by atoms with Crippen LogP contribution in [0, 0.1) is 0 Å². The number of carbonyl (C=O) groups is 2. The molecule has 1 rings (SSSR count). The maximum atomic E-state index is 11.8. The van der Waals surface area contributed by atoms with Gasteiger partial charge >= 0.3 is 0 Å². The fraction of sp³-hybridized carbons (Fsp3) is 0.500. The SMILES string of the molecule is CN(C)c1nc(N)c(C(=O)NCCCC(N)=O)s1. The number of hydrogen-bond donors (Lipinski definition) is 3. The minimum absolute atomic E-state index is 0.219. The monoisotopic (exact) mass is 271 g/mol. The minimum Gasteiger partial charge on any atom is -0.382 e. The predicted molar refractivity (Wildman–Crippen MR) is 71.6 cm³/mol. The normalized spacial score (nSPS) is 10.1. The molecule has 0 bridgehead atoms. The number of amides is 2. The van der Waals surface area contributed by atoms with Gasteiger partial charge in [-0.2, -0.15) is 0 Å². The van der Waals surface area contributed by atoms with Gasteiger partial charge in [-0.25, -0.2) is 4.98 Å². The zero-order chi connectivity index (χ0) is 13.7. The van der Waals surface area contributed by atoms with E-state index in [2.05, 4.69) is 10.3 Å². The highest BCUT2D eigenvalue weighted by molar-refractivity contribution is 7.18. The molecule has 2 amide bonds. The topological polar surface area (TPSA) is 114 Å². The van der Waals surface area contributed by atoms with Crippen molar-refractivity contribution < 1.29 is 9.59 Å². The molecule has 0 atom stereocenters. The number of nitrogens with zero attached hydrogens (tertiary/aromatic N) is 2. The molecule has 8 heteroatoms. The molecule has 100 valence electrons. The third-order valence-electron chi connectivity index (χ3n) is 2.12. The van der Waals surface area contributed by atoms with Crippen LogP contribution in [-0.4, -0.2) is 37.4 Å². The Morgan fingerprint density at radius 2 is 2.11 bits per heavy atom. The Morgan fingerprint density at radius 3 is 2.61 bits per heavy atom. The summed E-state index contributed by atoms with van der Waals surface area (Å²) in [5, 5.41) is 3.35. The second kappa shape index (κ2) is 6.20. The van der Waals surface area contributed by atoms with Crippen molar-refractivity contribution in [1.82, 2.24) is 10.3 Å². The average molecular weight is 271 g/mol. The van der Waals surface area contributed by atoms with Crippen LogP contribution in [0.5, 0.6) is 0 Å². The summed E-state index contributed by atoms with van der Waals surface area (Å²) in [4.78, 5) is 28.6. The summed E-state index contributed by atoms with van der Waals surface area (Å²) in [5.74, 6) is -0.435. The van der Waals surface area contributed by atoms with Crippen LogP contribution in [-0.2, 0) is 4.79 Å². The maximum absolute atomic E-state index is 11.8. The number of nitrogens with one attached hydrogen (secondary N) is 1. The summed E-state index contributed by atoms with van der Waals surface area (Å²) in [6.45, 7) is 0.385. The number of primary amides is 1. The van der Waals surface area contributed by atoms with E-state index in [9.17, 15) is 9.59 Å². The van der Waals surface area contributed by atoms with E-state index in [0.29, 0.717) is 23.0 Å². The van der Waals surface area contributed by atoms with Gasteiger partial charge in [0.2, 0.25) is 5.91 Å². The summed E-state index contributed by atoms with van der Waals surface area (Å²) in [5.41, 5.74) is 10.7. The Bertz CT molecular complexity index is 443. The molecule has 0 spiro atoms. The Morgan fingerprint density at radius 1 is 1.44 bits per heavy atom. The Balaban J connectivity index is 2.53. The molecular weight excluding hydrogens is 254 g/mol. The number of aromatic nitrogens is 1. The van der Waals surface area contributed by atoms with Gasteiger partial charge in [-0.15, -0.1) is 0 Å². The van der Waals surface area contributed by atoms with Crippen molar-refractivity contribution >= 4 is 34.1 Å². The van der Waals surface area contributed by atoms with E-state index in [1.807, 2.05) is 14.1 Å². The lowest BCUT2D eigenvalue weighted by atomic mass is 10.3. The van der Waals surface area contributed by atoms with Crippen LogP contribution in [0.3, 0.4) is 0 Å². The number of nitrogens with two attached hydrogens (primary N) is 2. The van der Waals surface area contributed by atoms with Crippen LogP contribution in [0.15, 0.2) is 0 Å². The number of nitrogen functional groups attached to an aromatic ring is 1. The zero-order valence-electron chi connectivity index (χ0n) is 10.4. The predicted octanol–water partition coefficient (Wildman–Crippen LogP) is -0.213. The van der Waals surface area contributed by atoms with Crippen LogP contribution in [0.1, 0.15) is 22.5 Å². The van der Waals surface area contributed by atoms with E-state index in [4.69, 9.17) is 11.5 Å². The van der Waals surface area contributed by atoms with Crippen molar-refractivity contribution in [2.24, 2.45) is 5.73 Å². The first-order valence-corrected chi connectivity index (χ1v) is 6.23. The molecule has 1 heterocycles. The standard InChI is InChI=1S/C10H17N5O2S/c1-15(2)10-14-8(12)7(18-10)9(17)13-5-3-4-6(11)16/h3-5,12H2,1-2H3,(H2,11,16)(H,13,17). The fourth-order valence-corrected chi connectivity index (χ4v) is 2.04. The molecule has 1 aromatic heterocycles. The van der Waals surface area contributed by atoms with Crippen molar-refractivity contribution in [2.75, 3.05) is 31.3 Å². The summed E-state index contributed by atoms with van der Waals surface area (Å²) >= 11 is 1.23. The van der Waals surface area contributed by atoms with Gasteiger partial charge in [-0.1, -0.05) is 11.3 Å². The lowest BCUT2D eigenvalue weighted by molar-refractivity contribution is -0.118. The minimum atomic E-state index is -0.378. The lowest BCUT2D eigenvalue weighted by Gasteiger charge is -2.05. The second-order valence-corrected chi connectivity index (χ2v) is 4.91. The molecule has 0 saturated carbocycles. The molecular formula is C10H17N5O2S. The third-order valence-corrected chi connectivity index (χ3v) is 3.35. The Labute approximate surface area is 109 Å². The highest BCUT2D eigenvalue weighted by Gasteiger charge is 2.16. The molecule has 18 heavy (non-hydrogen) atoms. The fourth-order valence-electron chi connectivity index (χ4n) is 1.22.